The Labute approximate surface area is 133 Å². The summed E-state index contributed by atoms with van der Waals surface area (Å²) in [4.78, 5) is 0. The summed E-state index contributed by atoms with van der Waals surface area (Å²) >= 11 is 0. The third kappa shape index (κ3) is 3.90. The van der Waals surface area contributed by atoms with Gasteiger partial charge in [0.2, 0.25) is 0 Å². The molecule has 0 aliphatic heterocycles. The molecular weight excluding hydrogens is 274 g/mol. The van der Waals surface area contributed by atoms with Gasteiger partial charge in [-0.2, -0.15) is 0 Å². The lowest BCUT2D eigenvalue weighted by Crippen LogP contribution is -2.39. The van der Waals surface area contributed by atoms with Gasteiger partial charge in [0.25, 0.3) is 0 Å². The van der Waals surface area contributed by atoms with E-state index in [9.17, 15) is 0 Å². The number of nitrogens with two attached hydrogens (primary N) is 3. The van der Waals surface area contributed by atoms with Gasteiger partial charge in [-0.25, -0.2) is 0 Å². The predicted octanol–water partition coefficient (Wildman–Crippen LogP) is 2.19. The van der Waals surface area contributed by atoms with Crippen LogP contribution in [0.1, 0.15) is 32.3 Å². The van der Waals surface area contributed by atoms with Crippen molar-refractivity contribution in [3.05, 3.63) is 53.8 Å². The van der Waals surface area contributed by atoms with Gasteiger partial charge < -0.3 is 21.9 Å². The maximum Gasteiger partial charge on any atom is 0.123 e. The van der Waals surface area contributed by atoms with E-state index in [1.54, 1.807) is 0 Å². The van der Waals surface area contributed by atoms with Crippen LogP contribution in [-0.4, -0.2) is 18.7 Å². The number of benzene rings is 1. The Morgan fingerprint density at radius 3 is 2.59 bits per heavy atom. The third-order valence-corrected chi connectivity index (χ3v) is 3.91. The average molecular weight is 301 g/mol. The highest BCUT2D eigenvalue weighted by Gasteiger charge is 2.32. The molecule has 1 aromatic carbocycles. The molecule has 1 aromatic rings. The van der Waals surface area contributed by atoms with Crippen molar-refractivity contribution in [2.24, 2.45) is 17.2 Å². The van der Waals surface area contributed by atoms with Gasteiger partial charge in [0.15, 0.2) is 0 Å². The zero-order chi connectivity index (χ0) is 16.2. The SMILES string of the molecule is CC(C)(N)COc1ccccc1C1(CCN)C=CC(N)=CC1. The lowest BCUT2D eigenvalue weighted by molar-refractivity contribution is 0.237. The van der Waals surface area contributed by atoms with Gasteiger partial charge in [0.1, 0.15) is 12.4 Å². The van der Waals surface area contributed by atoms with Crippen molar-refractivity contribution in [3.8, 4) is 5.75 Å². The second kappa shape index (κ2) is 6.55. The summed E-state index contributed by atoms with van der Waals surface area (Å²) in [7, 11) is 0. The normalized spacial score (nSPS) is 21.5. The molecule has 1 aliphatic rings. The molecule has 0 fully saturated rings. The van der Waals surface area contributed by atoms with E-state index in [1.807, 2.05) is 38.1 Å². The molecule has 4 nitrogen and oxygen atoms in total. The molecule has 2 rings (SSSR count). The highest BCUT2D eigenvalue weighted by Crippen LogP contribution is 2.41. The molecule has 1 atom stereocenters. The molecule has 120 valence electrons. The highest BCUT2D eigenvalue weighted by molar-refractivity contribution is 5.46. The molecule has 0 saturated heterocycles. The van der Waals surface area contributed by atoms with Crippen LogP contribution >= 0.6 is 0 Å². The van der Waals surface area contributed by atoms with Gasteiger partial charge >= 0.3 is 0 Å². The first kappa shape index (κ1) is 16.6. The standard InChI is InChI=1S/C18H27N3O/c1-17(2,21)13-22-16-6-4-3-5-15(16)18(11-12-19)9-7-14(20)8-10-18/h3-9H,10-13,19-21H2,1-2H3. The number of hydrogen-bond acceptors (Lipinski definition) is 4. The topological polar surface area (TPSA) is 87.3 Å². The minimum Gasteiger partial charge on any atom is -0.491 e. The van der Waals surface area contributed by atoms with E-state index in [4.69, 9.17) is 21.9 Å². The molecule has 0 aromatic heterocycles. The molecule has 0 bridgehead atoms. The summed E-state index contributed by atoms with van der Waals surface area (Å²) in [6, 6.07) is 8.11. The van der Waals surface area contributed by atoms with E-state index < -0.39 is 0 Å². The van der Waals surface area contributed by atoms with Crippen molar-refractivity contribution in [3.63, 3.8) is 0 Å². The number of allylic oxidation sites excluding steroid dienone is 3. The Balaban J connectivity index is 2.35. The van der Waals surface area contributed by atoms with E-state index in [1.165, 1.54) is 0 Å². The molecule has 0 amide bonds. The fourth-order valence-electron chi connectivity index (χ4n) is 2.74. The summed E-state index contributed by atoms with van der Waals surface area (Å²) < 4.78 is 6.00. The van der Waals surface area contributed by atoms with Crippen LogP contribution < -0.4 is 21.9 Å². The summed E-state index contributed by atoms with van der Waals surface area (Å²) in [5.41, 5.74) is 19.2. The largest absolute Gasteiger partial charge is 0.491 e. The van der Waals surface area contributed by atoms with Crippen LogP contribution in [0.3, 0.4) is 0 Å². The summed E-state index contributed by atoms with van der Waals surface area (Å²) in [5, 5.41) is 0. The van der Waals surface area contributed by atoms with E-state index in [-0.39, 0.29) is 11.0 Å². The molecule has 0 radical (unpaired) electrons. The number of rotatable bonds is 6. The van der Waals surface area contributed by atoms with Crippen LogP contribution in [0.5, 0.6) is 5.75 Å². The van der Waals surface area contributed by atoms with Crippen LogP contribution in [0, 0.1) is 0 Å². The monoisotopic (exact) mass is 301 g/mol. The number of ether oxygens (including phenoxy) is 1. The van der Waals surface area contributed by atoms with Crippen LogP contribution in [0.2, 0.25) is 0 Å². The van der Waals surface area contributed by atoms with Crippen LogP contribution in [-0.2, 0) is 5.41 Å². The van der Waals surface area contributed by atoms with Gasteiger partial charge in [0, 0.05) is 22.2 Å². The van der Waals surface area contributed by atoms with Gasteiger partial charge in [-0.15, -0.1) is 0 Å². The van der Waals surface area contributed by atoms with E-state index in [0.717, 1.165) is 29.9 Å². The fraction of sp³-hybridized carbons (Fsp3) is 0.444. The zero-order valence-electron chi connectivity index (χ0n) is 13.5. The lowest BCUT2D eigenvalue weighted by atomic mass is 9.72. The minimum atomic E-state index is -0.374. The Morgan fingerprint density at radius 2 is 2.00 bits per heavy atom. The zero-order valence-corrected chi connectivity index (χ0v) is 13.5. The first-order valence-electron chi connectivity index (χ1n) is 7.72. The molecule has 22 heavy (non-hydrogen) atoms. The van der Waals surface area contributed by atoms with E-state index >= 15 is 0 Å². The summed E-state index contributed by atoms with van der Waals surface area (Å²) in [5.74, 6) is 0.869. The molecule has 0 saturated carbocycles. The second-order valence-electron chi connectivity index (χ2n) is 6.71. The molecule has 6 N–H and O–H groups in total. The predicted molar refractivity (Wildman–Crippen MR) is 91.6 cm³/mol. The van der Waals surface area contributed by atoms with E-state index in [2.05, 4.69) is 18.2 Å². The Bertz CT molecular complexity index is 572. The molecular formula is C18H27N3O. The Morgan fingerprint density at radius 1 is 1.27 bits per heavy atom. The highest BCUT2D eigenvalue weighted by atomic mass is 16.5. The van der Waals surface area contributed by atoms with Crippen LogP contribution in [0.25, 0.3) is 0 Å². The average Bonchev–Trinajstić information content (AvgIpc) is 2.48. The molecule has 0 spiro atoms. The van der Waals surface area contributed by atoms with Crippen molar-refractivity contribution in [2.45, 2.75) is 37.6 Å². The quantitative estimate of drug-likeness (QED) is 0.751. The van der Waals surface area contributed by atoms with Crippen LogP contribution in [0.4, 0.5) is 0 Å². The van der Waals surface area contributed by atoms with Crippen LogP contribution in [0.15, 0.2) is 48.2 Å². The number of para-hydroxylation sites is 1. The first-order chi connectivity index (χ1) is 10.4. The molecule has 1 unspecified atom stereocenters. The van der Waals surface area contributed by atoms with Gasteiger partial charge in [-0.1, -0.05) is 30.4 Å². The molecule has 4 heteroatoms. The van der Waals surface area contributed by atoms with Crippen molar-refractivity contribution >= 4 is 0 Å². The smallest absolute Gasteiger partial charge is 0.123 e. The van der Waals surface area contributed by atoms with Gasteiger partial charge in [-0.3, -0.25) is 0 Å². The van der Waals surface area contributed by atoms with Gasteiger partial charge in [0.05, 0.1) is 0 Å². The maximum atomic E-state index is 6.04. The third-order valence-electron chi connectivity index (χ3n) is 3.91. The Hall–Kier alpha value is -1.78. The fourth-order valence-corrected chi connectivity index (χ4v) is 2.74. The number of hydrogen-bond donors (Lipinski definition) is 3. The van der Waals surface area contributed by atoms with E-state index in [0.29, 0.717) is 13.2 Å². The van der Waals surface area contributed by atoms with Crippen molar-refractivity contribution in [1.29, 1.82) is 0 Å². The maximum absolute atomic E-state index is 6.04. The van der Waals surface area contributed by atoms with Gasteiger partial charge in [-0.05, 0) is 45.4 Å². The molecule has 0 heterocycles. The first-order valence-corrected chi connectivity index (χ1v) is 7.72. The van der Waals surface area contributed by atoms with Crippen molar-refractivity contribution in [1.82, 2.24) is 0 Å². The lowest BCUT2D eigenvalue weighted by Gasteiger charge is -2.34. The second-order valence-corrected chi connectivity index (χ2v) is 6.71. The minimum absolute atomic E-state index is 0.160. The van der Waals surface area contributed by atoms with Crippen molar-refractivity contribution in [2.75, 3.05) is 13.2 Å². The summed E-state index contributed by atoms with van der Waals surface area (Å²) in [6.07, 6.45) is 7.85. The summed E-state index contributed by atoms with van der Waals surface area (Å²) in [6.45, 7) is 4.98. The Kier molecular flexibility index (Phi) is 4.94. The van der Waals surface area contributed by atoms with Crippen molar-refractivity contribution < 1.29 is 4.74 Å². The molecule has 1 aliphatic carbocycles.